The van der Waals surface area contributed by atoms with Crippen molar-refractivity contribution in [3.8, 4) is 0 Å². The second-order valence-electron chi connectivity index (χ2n) is 5.45. The summed E-state index contributed by atoms with van der Waals surface area (Å²) in [6, 6.07) is 0. The number of fused-ring (bicyclic) bond motifs is 1. The first kappa shape index (κ1) is 13.5. The largest absolute Gasteiger partial charge is 0.374 e. The van der Waals surface area contributed by atoms with Crippen LogP contribution in [0.2, 0.25) is 0 Å². The van der Waals surface area contributed by atoms with E-state index in [0.717, 1.165) is 37.3 Å². The molecule has 1 aliphatic carbocycles. The second kappa shape index (κ2) is 5.91. The topological polar surface area (TPSA) is 64.3 Å². The molecule has 0 saturated carbocycles. The van der Waals surface area contributed by atoms with Gasteiger partial charge in [0.2, 0.25) is 5.95 Å². The summed E-state index contributed by atoms with van der Waals surface area (Å²) in [5, 5.41) is 0. The lowest BCUT2D eigenvalue weighted by molar-refractivity contribution is 0.0309. The summed E-state index contributed by atoms with van der Waals surface area (Å²) >= 11 is 0. The highest BCUT2D eigenvalue weighted by Crippen LogP contribution is 2.29. The Balaban J connectivity index is 1.87. The van der Waals surface area contributed by atoms with E-state index >= 15 is 0 Å². The second-order valence-corrected chi connectivity index (χ2v) is 5.45. The number of halogens is 1. The molecule has 1 aliphatic heterocycles. The third kappa shape index (κ3) is 2.70. The fraction of sp³-hybridized carbons (Fsp3) is 0.714. The molecule has 5 nitrogen and oxygen atoms in total. The molecule has 0 bridgehead atoms. The third-order valence-corrected chi connectivity index (χ3v) is 4.05. The van der Waals surface area contributed by atoms with Gasteiger partial charge in [0, 0.05) is 25.1 Å². The van der Waals surface area contributed by atoms with Crippen molar-refractivity contribution >= 4 is 11.8 Å². The Kier molecular flexibility index (Phi) is 4.00. The van der Waals surface area contributed by atoms with Gasteiger partial charge < -0.3 is 15.4 Å². The first-order chi connectivity index (χ1) is 9.78. The molecule has 1 fully saturated rings. The van der Waals surface area contributed by atoms with E-state index in [0.29, 0.717) is 25.5 Å². The van der Waals surface area contributed by atoms with Crippen LogP contribution in [0.1, 0.15) is 30.5 Å². The highest BCUT2D eigenvalue weighted by molar-refractivity contribution is 5.53. The molecule has 0 radical (unpaired) electrons. The minimum atomic E-state index is -0.345. The Labute approximate surface area is 118 Å². The Morgan fingerprint density at radius 1 is 1.30 bits per heavy atom. The summed E-state index contributed by atoms with van der Waals surface area (Å²) in [5.41, 5.74) is 8.16. The van der Waals surface area contributed by atoms with Gasteiger partial charge in [-0.1, -0.05) is 0 Å². The number of rotatable bonds is 3. The highest BCUT2D eigenvalue weighted by Gasteiger charge is 2.26. The Morgan fingerprint density at radius 2 is 2.15 bits per heavy atom. The van der Waals surface area contributed by atoms with Crippen LogP contribution in [0.15, 0.2) is 0 Å². The van der Waals surface area contributed by atoms with Crippen LogP contribution in [0.4, 0.5) is 16.2 Å². The van der Waals surface area contributed by atoms with Gasteiger partial charge in [0.1, 0.15) is 5.82 Å². The maximum absolute atomic E-state index is 12.5. The number of ether oxygens (including phenoxy) is 1. The maximum Gasteiger partial charge on any atom is 0.222 e. The Hall–Kier alpha value is -1.43. The van der Waals surface area contributed by atoms with Crippen molar-refractivity contribution in [1.29, 1.82) is 0 Å². The van der Waals surface area contributed by atoms with Crippen molar-refractivity contribution in [3.05, 3.63) is 11.3 Å². The van der Waals surface area contributed by atoms with Crippen LogP contribution in [0.3, 0.4) is 0 Å². The number of nitrogens with zero attached hydrogens (tertiary/aromatic N) is 3. The summed E-state index contributed by atoms with van der Waals surface area (Å²) in [7, 11) is 0. The molecule has 2 aliphatic rings. The first-order valence-electron chi connectivity index (χ1n) is 7.35. The van der Waals surface area contributed by atoms with Gasteiger partial charge in [-0.3, -0.25) is 4.39 Å². The van der Waals surface area contributed by atoms with Crippen LogP contribution in [0.25, 0.3) is 0 Å². The standard InChI is InChI=1S/C14H21FN4O/c15-6-5-10-9-19(7-8-20-10)13-11-3-1-2-4-12(11)17-14(16)18-13/h10H,1-9H2,(H2,16,17,18). The lowest BCUT2D eigenvalue weighted by Crippen LogP contribution is -2.44. The number of nitrogen functional groups attached to an aromatic ring is 1. The van der Waals surface area contributed by atoms with Crippen molar-refractivity contribution in [1.82, 2.24) is 9.97 Å². The van der Waals surface area contributed by atoms with E-state index in [9.17, 15) is 4.39 Å². The summed E-state index contributed by atoms with van der Waals surface area (Å²) in [5.74, 6) is 1.29. The number of hydrogen-bond acceptors (Lipinski definition) is 5. The molecule has 110 valence electrons. The molecule has 1 aromatic heterocycles. The van der Waals surface area contributed by atoms with Crippen LogP contribution in [-0.2, 0) is 17.6 Å². The smallest absolute Gasteiger partial charge is 0.222 e. The molecule has 1 atom stereocenters. The van der Waals surface area contributed by atoms with Crippen molar-refractivity contribution < 1.29 is 9.13 Å². The van der Waals surface area contributed by atoms with Crippen LogP contribution in [-0.4, -0.2) is 42.4 Å². The lowest BCUT2D eigenvalue weighted by Gasteiger charge is -2.35. The zero-order valence-corrected chi connectivity index (χ0v) is 11.6. The lowest BCUT2D eigenvalue weighted by atomic mass is 9.96. The molecule has 1 aromatic rings. The quantitative estimate of drug-likeness (QED) is 0.909. The minimum Gasteiger partial charge on any atom is -0.374 e. The van der Waals surface area contributed by atoms with Crippen LogP contribution in [0.5, 0.6) is 0 Å². The number of aryl methyl sites for hydroxylation is 1. The summed E-state index contributed by atoms with van der Waals surface area (Å²) in [6.45, 7) is 1.74. The molecule has 3 rings (SSSR count). The van der Waals surface area contributed by atoms with Gasteiger partial charge in [-0.25, -0.2) is 4.98 Å². The SMILES string of the molecule is Nc1nc2c(c(N3CCOC(CCF)C3)n1)CCCC2. The number of nitrogens with two attached hydrogens (primary N) is 1. The number of anilines is 2. The average Bonchev–Trinajstić information content (AvgIpc) is 2.47. The molecule has 0 aromatic carbocycles. The van der Waals surface area contributed by atoms with Crippen LogP contribution >= 0.6 is 0 Å². The summed E-state index contributed by atoms with van der Waals surface area (Å²) in [6.07, 6.45) is 4.72. The highest BCUT2D eigenvalue weighted by atomic mass is 19.1. The van der Waals surface area contributed by atoms with E-state index in [1.54, 1.807) is 0 Å². The van der Waals surface area contributed by atoms with Crippen LogP contribution in [0, 0.1) is 0 Å². The molecule has 2 heterocycles. The monoisotopic (exact) mass is 280 g/mol. The van der Waals surface area contributed by atoms with Crippen LogP contribution < -0.4 is 10.6 Å². The first-order valence-corrected chi connectivity index (χ1v) is 7.35. The third-order valence-electron chi connectivity index (χ3n) is 4.05. The number of hydrogen-bond donors (Lipinski definition) is 1. The van der Waals surface area contributed by atoms with Gasteiger partial charge in [-0.05, 0) is 25.7 Å². The van der Waals surface area contributed by atoms with Crippen molar-refractivity contribution in [2.75, 3.05) is 37.0 Å². The molecule has 6 heteroatoms. The Bertz CT molecular complexity index is 480. The number of morpholine rings is 1. The maximum atomic E-state index is 12.5. The van der Waals surface area contributed by atoms with Crippen molar-refractivity contribution in [2.45, 2.75) is 38.2 Å². The van der Waals surface area contributed by atoms with Gasteiger partial charge in [0.15, 0.2) is 0 Å². The zero-order valence-electron chi connectivity index (χ0n) is 11.6. The van der Waals surface area contributed by atoms with E-state index in [1.165, 1.54) is 12.0 Å². The summed E-state index contributed by atoms with van der Waals surface area (Å²) in [4.78, 5) is 11.0. The summed E-state index contributed by atoms with van der Waals surface area (Å²) < 4.78 is 18.1. The average molecular weight is 280 g/mol. The van der Waals surface area contributed by atoms with Gasteiger partial charge in [0.25, 0.3) is 0 Å². The molecular formula is C14H21FN4O. The van der Waals surface area contributed by atoms with E-state index in [1.807, 2.05) is 0 Å². The molecule has 0 spiro atoms. The zero-order chi connectivity index (χ0) is 13.9. The Morgan fingerprint density at radius 3 is 3.00 bits per heavy atom. The molecule has 0 amide bonds. The van der Waals surface area contributed by atoms with Crippen molar-refractivity contribution in [3.63, 3.8) is 0 Å². The normalized spacial score (nSPS) is 22.6. The number of aromatic nitrogens is 2. The fourth-order valence-corrected chi connectivity index (χ4v) is 3.06. The van der Waals surface area contributed by atoms with Gasteiger partial charge >= 0.3 is 0 Å². The minimum absolute atomic E-state index is 0.0517. The predicted molar refractivity (Wildman–Crippen MR) is 75.6 cm³/mol. The van der Waals surface area contributed by atoms with Gasteiger partial charge in [-0.2, -0.15) is 4.98 Å². The molecule has 1 unspecified atom stereocenters. The van der Waals surface area contributed by atoms with Gasteiger partial charge in [-0.15, -0.1) is 0 Å². The van der Waals surface area contributed by atoms with Gasteiger partial charge in [0.05, 0.1) is 25.1 Å². The van der Waals surface area contributed by atoms with E-state index in [2.05, 4.69) is 14.9 Å². The van der Waals surface area contributed by atoms with Crippen molar-refractivity contribution in [2.24, 2.45) is 0 Å². The van der Waals surface area contributed by atoms with E-state index in [-0.39, 0.29) is 12.8 Å². The fourth-order valence-electron chi connectivity index (χ4n) is 3.06. The molecule has 1 saturated heterocycles. The van der Waals surface area contributed by atoms with E-state index < -0.39 is 0 Å². The predicted octanol–water partition coefficient (Wildman–Crippen LogP) is 1.50. The van der Waals surface area contributed by atoms with E-state index in [4.69, 9.17) is 10.5 Å². The number of alkyl halides is 1. The molecule has 2 N–H and O–H groups in total. The molecule has 20 heavy (non-hydrogen) atoms. The molecular weight excluding hydrogens is 259 g/mol.